The molecule has 1 N–H and O–H groups in total. The van der Waals surface area contributed by atoms with Crippen LogP contribution in [0, 0.1) is 12.7 Å². The van der Waals surface area contributed by atoms with E-state index < -0.39 is 27.6 Å². The summed E-state index contributed by atoms with van der Waals surface area (Å²) in [6.07, 6.45) is 0. The second kappa shape index (κ2) is 8.18. The molecule has 1 atom stereocenters. The Morgan fingerprint density at radius 3 is 2.35 bits per heavy atom. The maximum absolute atomic E-state index is 13.8. The van der Waals surface area contributed by atoms with Crippen LogP contribution in [0.25, 0.3) is 0 Å². The smallest absolute Gasteiger partial charge is 0.216 e. The molecule has 0 spiro atoms. The summed E-state index contributed by atoms with van der Waals surface area (Å²) in [4.78, 5) is 0. The molecule has 4 nitrogen and oxygen atoms in total. The maximum atomic E-state index is 13.8. The van der Waals surface area contributed by atoms with Crippen LogP contribution in [0.2, 0.25) is 0 Å². The lowest BCUT2D eigenvalue weighted by Crippen LogP contribution is -2.29. The molecule has 142 valence electrons. The van der Waals surface area contributed by atoms with Crippen molar-refractivity contribution in [2.45, 2.75) is 45.4 Å². The average molecular weight is 379 g/mol. The van der Waals surface area contributed by atoms with Crippen LogP contribution in [0.4, 0.5) is 4.39 Å². The highest BCUT2D eigenvalue weighted by Crippen LogP contribution is 2.32. The summed E-state index contributed by atoms with van der Waals surface area (Å²) < 4.78 is 46.8. The van der Waals surface area contributed by atoms with Crippen molar-refractivity contribution < 1.29 is 17.5 Å². The van der Waals surface area contributed by atoms with Gasteiger partial charge in [-0.25, -0.2) is 17.5 Å². The molecule has 0 aliphatic rings. The predicted molar refractivity (Wildman–Crippen MR) is 102 cm³/mol. The molecular weight excluding hydrogens is 353 g/mol. The molecule has 0 aliphatic carbocycles. The van der Waals surface area contributed by atoms with E-state index in [1.54, 1.807) is 20.1 Å². The molecule has 0 saturated heterocycles. The van der Waals surface area contributed by atoms with Gasteiger partial charge in [0.15, 0.2) is 0 Å². The van der Waals surface area contributed by atoms with Crippen molar-refractivity contribution in [2.75, 3.05) is 7.11 Å². The van der Waals surface area contributed by atoms with Gasteiger partial charge in [0.1, 0.15) is 11.6 Å². The maximum Gasteiger partial charge on any atom is 0.216 e. The third-order valence-corrected chi connectivity index (χ3v) is 5.77. The minimum Gasteiger partial charge on any atom is -0.496 e. The van der Waals surface area contributed by atoms with Crippen LogP contribution in [0.1, 0.15) is 55.0 Å². The Morgan fingerprint density at radius 2 is 1.77 bits per heavy atom. The first-order chi connectivity index (χ1) is 12.1. The van der Waals surface area contributed by atoms with Crippen LogP contribution in [0.15, 0.2) is 36.4 Å². The SMILES string of the molecule is COc1cc(C)c([C@H](C)NS(=O)(=O)Cc2ccccc2F)cc1C(C)C. The van der Waals surface area contributed by atoms with E-state index in [1.807, 2.05) is 19.1 Å². The largest absolute Gasteiger partial charge is 0.496 e. The lowest BCUT2D eigenvalue weighted by Gasteiger charge is -2.21. The zero-order valence-electron chi connectivity index (χ0n) is 15.8. The first-order valence-electron chi connectivity index (χ1n) is 8.56. The molecule has 0 aromatic heterocycles. The predicted octanol–water partition coefficient (Wildman–Crippen LogP) is 4.45. The van der Waals surface area contributed by atoms with Gasteiger partial charge in [-0.2, -0.15) is 0 Å². The standard InChI is InChI=1S/C20H26FNO3S/c1-13(2)17-11-18(14(3)10-20(17)25-5)15(4)22-26(23,24)12-16-8-6-7-9-19(16)21/h6-11,13,15,22H,12H2,1-5H3/t15-/m0/s1. The van der Waals surface area contributed by atoms with Crippen LogP contribution in [-0.4, -0.2) is 15.5 Å². The van der Waals surface area contributed by atoms with Crippen LogP contribution < -0.4 is 9.46 Å². The van der Waals surface area contributed by atoms with Crippen LogP contribution in [0.3, 0.4) is 0 Å². The van der Waals surface area contributed by atoms with Crippen molar-refractivity contribution in [1.29, 1.82) is 0 Å². The van der Waals surface area contributed by atoms with Crippen LogP contribution >= 0.6 is 0 Å². The van der Waals surface area contributed by atoms with E-state index in [9.17, 15) is 12.8 Å². The molecule has 0 saturated carbocycles. The fourth-order valence-corrected chi connectivity index (χ4v) is 4.40. The van der Waals surface area contributed by atoms with Gasteiger partial charge in [-0.1, -0.05) is 32.0 Å². The summed E-state index contributed by atoms with van der Waals surface area (Å²) in [5.74, 6) is 0.124. The van der Waals surface area contributed by atoms with E-state index in [2.05, 4.69) is 18.6 Å². The van der Waals surface area contributed by atoms with Gasteiger partial charge < -0.3 is 4.74 Å². The number of benzene rings is 2. The van der Waals surface area contributed by atoms with E-state index >= 15 is 0 Å². The monoisotopic (exact) mass is 379 g/mol. The Bertz CT molecular complexity index is 879. The number of sulfonamides is 1. The van der Waals surface area contributed by atoms with E-state index in [-0.39, 0.29) is 11.5 Å². The van der Waals surface area contributed by atoms with E-state index in [4.69, 9.17) is 4.74 Å². The molecule has 0 fully saturated rings. The number of halogens is 1. The Labute approximate surface area is 155 Å². The zero-order chi connectivity index (χ0) is 19.5. The molecular formula is C20H26FNO3S. The summed E-state index contributed by atoms with van der Waals surface area (Å²) in [6.45, 7) is 7.83. The van der Waals surface area contributed by atoms with Crippen molar-refractivity contribution in [1.82, 2.24) is 4.72 Å². The summed E-state index contributed by atoms with van der Waals surface area (Å²) in [5, 5.41) is 0. The fourth-order valence-electron chi connectivity index (χ4n) is 3.00. The molecule has 0 aliphatic heterocycles. The topological polar surface area (TPSA) is 55.4 Å². The zero-order valence-corrected chi connectivity index (χ0v) is 16.7. The molecule has 0 bridgehead atoms. The molecule has 0 unspecified atom stereocenters. The molecule has 0 heterocycles. The van der Waals surface area contributed by atoms with Crippen molar-refractivity contribution in [3.05, 3.63) is 64.5 Å². The number of aryl methyl sites for hydroxylation is 1. The molecule has 6 heteroatoms. The lowest BCUT2D eigenvalue weighted by atomic mass is 9.94. The Kier molecular flexibility index (Phi) is 6.42. The third kappa shape index (κ3) is 4.83. The Morgan fingerprint density at radius 1 is 1.12 bits per heavy atom. The van der Waals surface area contributed by atoms with Gasteiger partial charge in [0.05, 0.1) is 12.9 Å². The van der Waals surface area contributed by atoms with Crippen molar-refractivity contribution in [3.63, 3.8) is 0 Å². The van der Waals surface area contributed by atoms with Crippen molar-refractivity contribution in [3.8, 4) is 5.75 Å². The van der Waals surface area contributed by atoms with Gasteiger partial charge in [-0.3, -0.25) is 0 Å². The quantitative estimate of drug-likeness (QED) is 0.773. The fraction of sp³-hybridized carbons (Fsp3) is 0.400. The first-order valence-corrected chi connectivity index (χ1v) is 10.2. The number of nitrogens with one attached hydrogen (secondary N) is 1. The van der Waals surface area contributed by atoms with Crippen molar-refractivity contribution in [2.24, 2.45) is 0 Å². The van der Waals surface area contributed by atoms with Gasteiger partial charge in [0, 0.05) is 11.6 Å². The Balaban J connectivity index is 2.27. The number of hydrogen-bond donors (Lipinski definition) is 1. The minimum atomic E-state index is -3.69. The van der Waals surface area contributed by atoms with Gasteiger partial charge in [-0.15, -0.1) is 0 Å². The number of ether oxygens (including phenoxy) is 1. The van der Waals surface area contributed by atoms with Gasteiger partial charge in [0.2, 0.25) is 10.0 Å². The third-order valence-electron chi connectivity index (χ3n) is 4.37. The number of methoxy groups -OCH3 is 1. The van der Waals surface area contributed by atoms with Gasteiger partial charge >= 0.3 is 0 Å². The van der Waals surface area contributed by atoms with Crippen LogP contribution in [-0.2, 0) is 15.8 Å². The van der Waals surface area contributed by atoms with Crippen molar-refractivity contribution >= 4 is 10.0 Å². The highest BCUT2D eigenvalue weighted by molar-refractivity contribution is 7.88. The summed E-state index contributed by atoms with van der Waals surface area (Å²) in [6, 6.07) is 9.37. The number of hydrogen-bond acceptors (Lipinski definition) is 3. The second-order valence-electron chi connectivity index (χ2n) is 6.80. The van der Waals surface area contributed by atoms with Gasteiger partial charge in [0.25, 0.3) is 0 Å². The molecule has 2 rings (SSSR count). The lowest BCUT2D eigenvalue weighted by molar-refractivity contribution is 0.406. The van der Waals surface area contributed by atoms with Crippen LogP contribution in [0.5, 0.6) is 5.75 Å². The molecule has 0 radical (unpaired) electrons. The summed E-state index contributed by atoms with van der Waals surface area (Å²) >= 11 is 0. The molecule has 26 heavy (non-hydrogen) atoms. The van der Waals surface area contributed by atoms with E-state index in [0.29, 0.717) is 0 Å². The second-order valence-corrected chi connectivity index (χ2v) is 8.55. The average Bonchev–Trinajstić information content (AvgIpc) is 2.55. The minimum absolute atomic E-state index is 0.154. The Hall–Kier alpha value is -1.92. The highest BCUT2D eigenvalue weighted by Gasteiger charge is 2.21. The molecule has 2 aromatic carbocycles. The van der Waals surface area contributed by atoms with Gasteiger partial charge in [-0.05, 0) is 54.7 Å². The number of rotatable bonds is 7. The van der Waals surface area contributed by atoms with E-state index in [1.165, 1.54) is 18.2 Å². The molecule has 2 aromatic rings. The summed E-state index contributed by atoms with van der Waals surface area (Å²) in [7, 11) is -2.07. The molecule has 0 amide bonds. The highest BCUT2D eigenvalue weighted by atomic mass is 32.2. The normalized spacial score (nSPS) is 13.0. The van der Waals surface area contributed by atoms with E-state index in [0.717, 1.165) is 22.4 Å². The first kappa shape index (κ1) is 20.4. The summed E-state index contributed by atoms with van der Waals surface area (Å²) in [5.41, 5.74) is 2.99.